The number of ether oxygens (including phenoxy) is 3. The summed E-state index contributed by atoms with van der Waals surface area (Å²) in [7, 11) is 1.63. The number of benzene rings is 2. The van der Waals surface area contributed by atoms with Crippen molar-refractivity contribution in [1.82, 2.24) is 0 Å². The zero-order chi connectivity index (χ0) is 18.6. The smallest absolute Gasteiger partial charge is 0.336 e. The van der Waals surface area contributed by atoms with Crippen LogP contribution in [-0.2, 0) is 0 Å². The number of hydrogen-bond donors (Lipinski definition) is 0. The molecule has 0 atom stereocenters. The number of furan rings is 1. The summed E-state index contributed by atoms with van der Waals surface area (Å²) in [5.74, 6) is 2.21. The third kappa shape index (κ3) is 3.60. The van der Waals surface area contributed by atoms with Crippen molar-refractivity contribution < 1.29 is 23.0 Å². The molecule has 6 nitrogen and oxygen atoms in total. The van der Waals surface area contributed by atoms with Crippen LogP contribution in [0.4, 0.5) is 0 Å². The number of methoxy groups -OCH3 is 1. The fourth-order valence-electron chi connectivity index (χ4n) is 2.86. The van der Waals surface area contributed by atoms with E-state index in [1.165, 1.54) is 6.07 Å². The van der Waals surface area contributed by atoms with Crippen molar-refractivity contribution in [3.63, 3.8) is 0 Å². The summed E-state index contributed by atoms with van der Waals surface area (Å²) in [6, 6.07) is 14.1. The highest BCUT2D eigenvalue weighted by Crippen LogP contribution is 2.35. The normalized spacial score (nSPS) is 11.0. The average Bonchev–Trinajstić information content (AvgIpc) is 3.15. The van der Waals surface area contributed by atoms with Crippen LogP contribution in [0, 0.1) is 0 Å². The molecular weight excluding hydrogens is 348 g/mol. The lowest BCUT2D eigenvalue weighted by atomic mass is 10.1. The fourth-order valence-corrected chi connectivity index (χ4v) is 2.86. The van der Waals surface area contributed by atoms with Crippen LogP contribution in [0.15, 0.2) is 68.4 Å². The molecule has 0 radical (unpaired) electrons. The van der Waals surface area contributed by atoms with Gasteiger partial charge in [0, 0.05) is 18.6 Å². The first-order valence-corrected chi connectivity index (χ1v) is 8.58. The maximum absolute atomic E-state index is 11.5. The summed E-state index contributed by atoms with van der Waals surface area (Å²) in [6.07, 6.45) is 2.28. The average molecular weight is 366 g/mol. The van der Waals surface area contributed by atoms with Gasteiger partial charge >= 0.3 is 5.63 Å². The van der Waals surface area contributed by atoms with E-state index < -0.39 is 5.63 Å². The minimum absolute atomic E-state index is 0.410. The van der Waals surface area contributed by atoms with Crippen LogP contribution < -0.4 is 19.8 Å². The highest BCUT2D eigenvalue weighted by molar-refractivity contribution is 6.01. The van der Waals surface area contributed by atoms with Crippen molar-refractivity contribution in [2.75, 3.05) is 20.3 Å². The summed E-state index contributed by atoms with van der Waals surface area (Å²) in [5, 5.41) is 1.58. The molecule has 2 aromatic carbocycles. The molecule has 6 heteroatoms. The summed E-state index contributed by atoms with van der Waals surface area (Å²) >= 11 is 0. The lowest BCUT2D eigenvalue weighted by Gasteiger charge is -2.11. The van der Waals surface area contributed by atoms with Gasteiger partial charge in [0.15, 0.2) is 0 Å². The van der Waals surface area contributed by atoms with Crippen LogP contribution in [0.2, 0.25) is 0 Å². The lowest BCUT2D eigenvalue weighted by Crippen LogP contribution is -2.06. The van der Waals surface area contributed by atoms with Gasteiger partial charge in [0.1, 0.15) is 28.4 Å². The molecule has 0 spiro atoms. The number of hydrogen-bond acceptors (Lipinski definition) is 6. The second kappa shape index (κ2) is 7.45. The minimum Gasteiger partial charge on any atom is -0.497 e. The minimum atomic E-state index is -0.410. The maximum atomic E-state index is 11.5. The molecule has 2 aromatic heterocycles. The van der Waals surface area contributed by atoms with Crippen LogP contribution in [0.3, 0.4) is 0 Å². The van der Waals surface area contributed by atoms with Crippen LogP contribution in [0.5, 0.6) is 17.2 Å². The van der Waals surface area contributed by atoms with Crippen molar-refractivity contribution >= 4 is 21.9 Å². The van der Waals surface area contributed by atoms with Crippen LogP contribution >= 0.6 is 0 Å². The van der Waals surface area contributed by atoms with E-state index in [0.717, 1.165) is 22.3 Å². The Kier molecular flexibility index (Phi) is 4.70. The molecule has 4 aromatic rings. The van der Waals surface area contributed by atoms with E-state index in [0.29, 0.717) is 36.6 Å². The third-order valence-electron chi connectivity index (χ3n) is 4.17. The molecule has 0 saturated heterocycles. The summed E-state index contributed by atoms with van der Waals surface area (Å²) in [6.45, 7) is 0.968. The van der Waals surface area contributed by atoms with E-state index in [4.69, 9.17) is 23.0 Å². The summed E-state index contributed by atoms with van der Waals surface area (Å²) in [4.78, 5) is 11.5. The van der Waals surface area contributed by atoms with Crippen LogP contribution in [-0.4, -0.2) is 20.3 Å². The predicted octanol–water partition coefficient (Wildman–Crippen LogP) is 4.40. The maximum Gasteiger partial charge on any atom is 0.336 e. The first-order chi connectivity index (χ1) is 13.2. The summed E-state index contributed by atoms with van der Waals surface area (Å²) in [5.41, 5.74) is 0.642. The molecule has 0 bridgehead atoms. The first kappa shape index (κ1) is 17.0. The Labute approximate surface area is 154 Å². The molecule has 0 fully saturated rings. The lowest BCUT2D eigenvalue weighted by molar-refractivity contribution is 0.250. The van der Waals surface area contributed by atoms with Gasteiger partial charge in [-0.1, -0.05) is 0 Å². The van der Waals surface area contributed by atoms with Gasteiger partial charge in [-0.2, -0.15) is 0 Å². The van der Waals surface area contributed by atoms with Gasteiger partial charge in [-0.3, -0.25) is 0 Å². The van der Waals surface area contributed by atoms with E-state index >= 15 is 0 Å². The van der Waals surface area contributed by atoms with Gasteiger partial charge in [-0.15, -0.1) is 0 Å². The van der Waals surface area contributed by atoms with Gasteiger partial charge in [-0.25, -0.2) is 4.79 Å². The van der Waals surface area contributed by atoms with E-state index in [9.17, 15) is 4.79 Å². The van der Waals surface area contributed by atoms with Crippen molar-refractivity contribution in [3.05, 3.63) is 65.2 Å². The Morgan fingerprint density at radius 1 is 0.852 bits per heavy atom. The van der Waals surface area contributed by atoms with E-state index in [1.807, 2.05) is 30.3 Å². The van der Waals surface area contributed by atoms with Gasteiger partial charge in [0.05, 0.1) is 37.4 Å². The van der Waals surface area contributed by atoms with Crippen molar-refractivity contribution in [2.24, 2.45) is 0 Å². The number of rotatable bonds is 7. The van der Waals surface area contributed by atoms with Gasteiger partial charge in [0.2, 0.25) is 0 Å². The van der Waals surface area contributed by atoms with E-state index in [-0.39, 0.29) is 0 Å². The fraction of sp³-hybridized carbons (Fsp3) is 0.190. The van der Waals surface area contributed by atoms with E-state index in [2.05, 4.69) is 0 Å². The molecule has 27 heavy (non-hydrogen) atoms. The molecule has 0 aliphatic heterocycles. The zero-order valence-electron chi connectivity index (χ0n) is 14.8. The Morgan fingerprint density at radius 3 is 2.41 bits per heavy atom. The first-order valence-electron chi connectivity index (χ1n) is 8.58. The Balaban J connectivity index is 1.43. The van der Waals surface area contributed by atoms with E-state index in [1.54, 1.807) is 25.5 Å². The number of fused-ring (bicyclic) bond motifs is 2. The third-order valence-corrected chi connectivity index (χ3v) is 4.17. The van der Waals surface area contributed by atoms with Gasteiger partial charge in [0.25, 0.3) is 0 Å². The Bertz CT molecular complexity index is 1110. The second-order valence-electron chi connectivity index (χ2n) is 5.93. The summed E-state index contributed by atoms with van der Waals surface area (Å²) < 4.78 is 27.5. The molecule has 0 amide bonds. The van der Waals surface area contributed by atoms with Crippen molar-refractivity contribution in [2.45, 2.75) is 6.42 Å². The molecule has 0 aliphatic rings. The molecule has 2 heterocycles. The monoisotopic (exact) mass is 366 g/mol. The molecule has 0 unspecified atom stereocenters. The Morgan fingerprint density at radius 2 is 1.59 bits per heavy atom. The SMILES string of the molecule is COc1ccc(OCCCOc2c3ccoc3cc3oc(=O)ccc23)cc1. The molecule has 138 valence electrons. The molecular formula is C21H18O6. The van der Waals surface area contributed by atoms with Crippen molar-refractivity contribution in [1.29, 1.82) is 0 Å². The van der Waals surface area contributed by atoms with Crippen LogP contribution in [0.25, 0.3) is 21.9 Å². The highest BCUT2D eigenvalue weighted by atomic mass is 16.5. The van der Waals surface area contributed by atoms with Crippen LogP contribution in [0.1, 0.15) is 6.42 Å². The largest absolute Gasteiger partial charge is 0.497 e. The molecule has 0 saturated carbocycles. The predicted molar refractivity (Wildman–Crippen MR) is 101 cm³/mol. The zero-order valence-corrected chi connectivity index (χ0v) is 14.8. The quantitative estimate of drug-likeness (QED) is 0.357. The van der Waals surface area contributed by atoms with Gasteiger partial charge < -0.3 is 23.0 Å². The highest BCUT2D eigenvalue weighted by Gasteiger charge is 2.13. The molecule has 0 N–H and O–H groups in total. The molecule has 4 rings (SSSR count). The van der Waals surface area contributed by atoms with Crippen molar-refractivity contribution in [3.8, 4) is 17.2 Å². The molecule has 0 aliphatic carbocycles. The topological polar surface area (TPSA) is 71.0 Å². The Hall–Kier alpha value is -3.41. The standard InChI is InChI=1S/C21H18O6/c1-23-14-3-5-15(6-4-14)24-10-2-11-26-21-16-7-8-20(22)27-19(16)13-18-17(21)9-12-25-18/h3-9,12-13H,2,10-11H2,1H3. The second-order valence-corrected chi connectivity index (χ2v) is 5.93. The van der Waals surface area contributed by atoms with Gasteiger partial charge in [-0.05, 0) is 36.4 Å².